The Morgan fingerprint density at radius 3 is 2.60 bits per heavy atom. The average molecular weight is 421 g/mol. The summed E-state index contributed by atoms with van der Waals surface area (Å²) in [6.07, 6.45) is -0.114. The van der Waals surface area contributed by atoms with E-state index >= 15 is 4.39 Å². The zero-order valence-corrected chi connectivity index (χ0v) is 16.1. The van der Waals surface area contributed by atoms with Crippen LogP contribution in [0.1, 0.15) is 41.7 Å². The second-order valence-electron chi connectivity index (χ2n) is 7.05. The molecule has 3 heterocycles. The van der Waals surface area contributed by atoms with Gasteiger partial charge in [0.25, 0.3) is 0 Å². The standard InChI is InChI=1S/C20H19F4N5O/c1-12-9-25-16(30-12)10-26-18-17(21)19(28-11-27-18)29-8-2-3-15(29)13-4-6-14(7-5-13)20(22,23)24/h4-7,9,11,15H,2-3,8,10H2,1H3,(H,26,27,28). The van der Waals surface area contributed by atoms with Gasteiger partial charge in [0.15, 0.2) is 11.6 Å². The summed E-state index contributed by atoms with van der Waals surface area (Å²) in [5.74, 6) is 0.537. The lowest BCUT2D eigenvalue weighted by molar-refractivity contribution is -0.137. The molecule has 1 aliphatic rings. The normalized spacial score (nSPS) is 16.8. The van der Waals surface area contributed by atoms with E-state index in [9.17, 15) is 13.2 Å². The molecular weight excluding hydrogens is 402 g/mol. The van der Waals surface area contributed by atoms with Gasteiger partial charge in [0.2, 0.25) is 11.7 Å². The molecule has 0 saturated carbocycles. The Hall–Kier alpha value is -3.17. The first-order valence-electron chi connectivity index (χ1n) is 9.42. The van der Waals surface area contributed by atoms with Gasteiger partial charge in [-0.2, -0.15) is 17.6 Å². The molecule has 1 N–H and O–H groups in total. The Morgan fingerprint density at radius 2 is 1.93 bits per heavy atom. The molecule has 3 aromatic rings. The van der Waals surface area contributed by atoms with Crippen molar-refractivity contribution >= 4 is 11.6 Å². The summed E-state index contributed by atoms with van der Waals surface area (Å²) in [7, 11) is 0. The molecular formula is C20H19F4N5O. The highest BCUT2D eigenvalue weighted by Crippen LogP contribution is 2.38. The van der Waals surface area contributed by atoms with Crippen molar-refractivity contribution in [1.82, 2.24) is 15.0 Å². The quantitative estimate of drug-likeness (QED) is 0.592. The number of hydrogen-bond acceptors (Lipinski definition) is 6. The van der Waals surface area contributed by atoms with Gasteiger partial charge in [-0.25, -0.2) is 15.0 Å². The molecule has 0 bridgehead atoms. The molecule has 0 amide bonds. The van der Waals surface area contributed by atoms with Gasteiger partial charge in [0.1, 0.15) is 12.1 Å². The minimum Gasteiger partial charge on any atom is -0.444 e. The predicted molar refractivity (Wildman–Crippen MR) is 101 cm³/mol. The van der Waals surface area contributed by atoms with Crippen molar-refractivity contribution in [1.29, 1.82) is 0 Å². The molecule has 1 saturated heterocycles. The van der Waals surface area contributed by atoms with Gasteiger partial charge in [-0.15, -0.1) is 0 Å². The van der Waals surface area contributed by atoms with Crippen molar-refractivity contribution in [2.75, 3.05) is 16.8 Å². The van der Waals surface area contributed by atoms with E-state index in [0.29, 0.717) is 30.2 Å². The van der Waals surface area contributed by atoms with Crippen molar-refractivity contribution in [3.05, 3.63) is 65.4 Å². The number of alkyl halides is 3. The van der Waals surface area contributed by atoms with Crippen LogP contribution in [0.3, 0.4) is 0 Å². The molecule has 0 radical (unpaired) electrons. The van der Waals surface area contributed by atoms with Crippen molar-refractivity contribution in [2.24, 2.45) is 0 Å². The molecule has 30 heavy (non-hydrogen) atoms. The molecule has 0 aliphatic carbocycles. The number of aromatic nitrogens is 3. The Kier molecular flexibility index (Phi) is 5.31. The molecule has 10 heteroatoms. The second-order valence-corrected chi connectivity index (χ2v) is 7.05. The van der Waals surface area contributed by atoms with E-state index in [4.69, 9.17) is 4.42 Å². The van der Waals surface area contributed by atoms with Crippen molar-refractivity contribution in [3.8, 4) is 0 Å². The van der Waals surface area contributed by atoms with E-state index in [2.05, 4.69) is 20.3 Å². The van der Waals surface area contributed by atoms with Gasteiger partial charge in [-0.05, 0) is 37.5 Å². The number of halogens is 4. The molecule has 158 valence electrons. The summed E-state index contributed by atoms with van der Waals surface area (Å²) in [4.78, 5) is 13.9. The van der Waals surface area contributed by atoms with Crippen LogP contribution in [0.5, 0.6) is 0 Å². The zero-order valence-electron chi connectivity index (χ0n) is 16.1. The highest BCUT2D eigenvalue weighted by atomic mass is 19.4. The van der Waals surface area contributed by atoms with E-state index in [1.165, 1.54) is 18.5 Å². The van der Waals surface area contributed by atoms with Gasteiger partial charge in [-0.3, -0.25) is 0 Å². The van der Waals surface area contributed by atoms with Crippen LogP contribution in [-0.2, 0) is 12.7 Å². The molecule has 0 spiro atoms. The number of nitrogens with one attached hydrogen (secondary N) is 1. The summed E-state index contributed by atoms with van der Waals surface area (Å²) >= 11 is 0. The third-order valence-corrected chi connectivity index (χ3v) is 4.99. The number of rotatable bonds is 5. The van der Waals surface area contributed by atoms with Crippen LogP contribution < -0.4 is 10.2 Å². The smallest absolute Gasteiger partial charge is 0.416 e. The molecule has 2 aromatic heterocycles. The van der Waals surface area contributed by atoms with Crippen LogP contribution in [-0.4, -0.2) is 21.5 Å². The number of benzene rings is 1. The van der Waals surface area contributed by atoms with Crippen LogP contribution in [0, 0.1) is 12.7 Å². The first-order valence-corrected chi connectivity index (χ1v) is 9.42. The Bertz CT molecular complexity index is 1020. The number of hydrogen-bond donors (Lipinski definition) is 1. The summed E-state index contributed by atoms with van der Waals surface area (Å²) in [5, 5.41) is 2.85. The van der Waals surface area contributed by atoms with Gasteiger partial charge >= 0.3 is 6.18 Å². The SMILES string of the molecule is Cc1cnc(CNc2ncnc(N3CCCC3c3ccc(C(F)(F)F)cc3)c2F)o1. The van der Waals surface area contributed by atoms with Crippen LogP contribution in [0.2, 0.25) is 0 Å². The fourth-order valence-electron chi connectivity index (χ4n) is 3.59. The highest BCUT2D eigenvalue weighted by Gasteiger charge is 2.33. The minimum absolute atomic E-state index is 0.00826. The Morgan fingerprint density at radius 1 is 1.17 bits per heavy atom. The average Bonchev–Trinajstić information content (AvgIpc) is 3.36. The van der Waals surface area contributed by atoms with Crippen molar-refractivity contribution in [3.63, 3.8) is 0 Å². The fourth-order valence-corrected chi connectivity index (χ4v) is 3.59. The van der Waals surface area contributed by atoms with E-state index < -0.39 is 17.6 Å². The lowest BCUT2D eigenvalue weighted by Gasteiger charge is -2.27. The third-order valence-electron chi connectivity index (χ3n) is 4.99. The second kappa shape index (κ2) is 7.92. The van der Waals surface area contributed by atoms with Crippen LogP contribution in [0.4, 0.5) is 29.2 Å². The van der Waals surface area contributed by atoms with Crippen LogP contribution in [0.25, 0.3) is 0 Å². The summed E-state index contributed by atoms with van der Waals surface area (Å²) in [6, 6.07) is 4.71. The first-order chi connectivity index (χ1) is 14.3. The maximum Gasteiger partial charge on any atom is 0.416 e. The maximum atomic E-state index is 15.1. The van der Waals surface area contributed by atoms with E-state index in [1.807, 2.05) is 0 Å². The fraction of sp³-hybridized carbons (Fsp3) is 0.350. The first kappa shape index (κ1) is 20.1. The van der Waals surface area contributed by atoms with Gasteiger partial charge in [-0.1, -0.05) is 12.1 Å². The summed E-state index contributed by atoms with van der Waals surface area (Å²) in [5.41, 5.74) is -0.0273. The van der Waals surface area contributed by atoms with Crippen molar-refractivity contribution < 1.29 is 22.0 Å². The third kappa shape index (κ3) is 4.07. The van der Waals surface area contributed by atoms with Gasteiger partial charge in [0, 0.05) is 6.54 Å². The van der Waals surface area contributed by atoms with E-state index in [0.717, 1.165) is 18.6 Å². The van der Waals surface area contributed by atoms with Crippen molar-refractivity contribution in [2.45, 2.75) is 38.5 Å². The number of aryl methyl sites for hydroxylation is 1. The lowest BCUT2D eigenvalue weighted by Crippen LogP contribution is -2.25. The molecule has 1 fully saturated rings. The van der Waals surface area contributed by atoms with Gasteiger partial charge in [0.05, 0.1) is 24.3 Å². The molecule has 1 aromatic carbocycles. The van der Waals surface area contributed by atoms with Crippen LogP contribution in [0.15, 0.2) is 41.2 Å². The molecule has 1 aliphatic heterocycles. The predicted octanol–water partition coefficient (Wildman–Crippen LogP) is 4.88. The number of nitrogens with zero attached hydrogens (tertiary/aromatic N) is 4. The highest BCUT2D eigenvalue weighted by molar-refractivity contribution is 5.53. The monoisotopic (exact) mass is 421 g/mol. The summed E-state index contributed by atoms with van der Waals surface area (Å²) < 4.78 is 59.0. The van der Waals surface area contributed by atoms with Crippen LogP contribution >= 0.6 is 0 Å². The number of anilines is 2. The number of oxazole rings is 1. The molecule has 6 nitrogen and oxygen atoms in total. The lowest BCUT2D eigenvalue weighted by atomic mass is 10.0. The van der Waals surface area contributed by atoms with E-state index in [-0.39, 0.29) is 24.2 Å². The molecule has 4 rings (SSSR count). The van der Waals surface area contributed by atoms with Gasteiger partial charge < -0.3 is 14.6 Å². The topological polar surface area (TPSA) is 67.1 Å². The van der Waals surface area contributed by atoms with E-state index in [1.54, 1.807) is 18.0 Å². The molecule has 1 atom stereocenters. The minimum atomic E-state index is -4.39. The Labute approximate surface area is 170 Å². The summed E-state index contributed by atoms with van der Waals surface area (Å²) in [6.45, 7) is 2.45. The maximum absolute atomic E-state index is 15.1. The molecule has 1 unspecified atom stereocenters. The Balaban J connectivity index is 1.55. The zero-order chi connectivity index (χ0) is 21.3. The largest absolute Gasteiger partial charge is 0.444 e.